The van der Waals surface area contributed by atoms with Crippen LogP contribution in [0.2, 0.25) is 0 Å². The lowest BCUT2D eigenvalue weighted by molar-refractivity contribution is 0.453. The van der Waals surface area contributed by atoms with Gasteiger partial charge >= 0.3 is 0 Å². The number of rotatable bonds is 5. The van der Waals surface area contributed by atoms with Crippen LogP contribution in [-0.2, 0) is 7.05 Å². The third-order valence-corrected chi connectivity index (χ3v) is 4.75. The highest BCUT2D eigenvalue weighted by Gasteiger charge is 2.13. The van der Waals surface area contributed by atoms with Crippen LogP contribution in [-0.4, -0.2) is 36.4 Å². The van der Waals surface area contributed by atoms with Gasteiger partial charge in [-0.1, -0.05) is 23.1 Å². The fourth-order valence-electron chi connectivity index (χ4n) is 1.73. The summed E-state index contributed by atoms with van der Waals surface area (Å²) in [5, 5.41) is 47.9. The number of aryl methyl sites for hydroxylation is 1. The van der Waals surface area contributed by atoms with E-state index in [0.717, 1.165) is 4.34 Å². The zero-order valence-corrected chi connectivity index (χ0v) is 14.7. The average molecular weight is 376 g/mol. The molecule has 0 bridgehead atoms. The smallest absolute Gasteiger partial charge is 0.252 e. The van der Waals surface area contributed by atoms with Crippen molar-refractivity contribution in [2.45, 2.75) is 4.34 Å². The maximum absolute atomic E-state index is 10.3. The molecule has 1 aromatic carbocycles. The van der Waals surface area contributed by atoms with Crippen LogP contribution in [0.25, 0.3) is 0 Å². The summed E-state index contributed by atoms with van der Waals surface area (Å²) in [4.78, 5) is 0. The summed E-state index contributed by atoms with van der Waals surface area (Å²) in [6.45, 7) is 0. The molecule has 0 unspecified atom stereocenters. The van der Waals surface area contributed by atoms with Crippen molar-refractivity contribution in [3.8, 4) is 11.5 Å². The summed E-state index contributed by atoms with van der Waals surface area (Å²) >= 11 is 2.72. The quantitative estimate of drug-likeness (QED) is 0.505. The van der Waals surface area contributed by atoms with Gasteiger partial charge in [0.15, 0.2) is 21.6 Å². The molecule has 3 aromatic rings. The molecule has 0 aliphatic carbocycles. The number of phenols is 2. The molecular formula is C13H12N8O2S2. The highest BCUT2D eigenvalue weighted by molar-refractivity contribution is 8.00. The molecule has 3 rings (SSSR count). The summed E-state index contributed by atoms with van der Waals surface area (Å²) in [5.74, 6) is -0.114. The number of azo groups is 2. The van der Waals surface area contributed by atoms with E-state index in [2.05, 4.69) is 35.8 Å². The van der Waals surface area contributed by atoms with Crippen molar-refractivity contribution in [2.75, 3.05) is 6.26 Å². The fraction of sp³-hybridized carbons (Fsp3) is 0.154. The van der Waals surface area contributed by atoms with Crippen LogP contribution < -0.4 is 0 Å². The van der Waals surface area contributed by atoms with E-state index < -0.39 is 0 Å². The lowest BCUT2D eigenvalue weighted by Crippen LogP contribution is -1.86. The van der Waals surface area contributed by atoms with Gasteiger partial charge in [-0.15, -0.1) is 30.7 Å². The summed E-state index contributed by atoms with van der Waals surface area (Å²) in [7, 11) is 1.70. The first-order chi connectivity index (χ1) is 12.1. The van der Waals surface area contributed by atoms with Gasteiger partial charge in [0.2, 0.25) is 0 Å². The first-order valence-electron chi connectivity index (χ1n) is 6.82. The molecule has 0 radical (unpaired) electrons. The zero-order valence-electron chi connectivity index (χ0n) is 13.1. The Morgan fingerprint density at radius 1 is 1.08 bits per heavy atom. The first kappa shape index (κ1) is 17.0. The number of hydrogen-bond acceptors (Lipinski definition) is 11. The highest BCUT2D eigenvalue weighted by atomic mass is 32.2. The first-order valence-corrected chi connectivity index (χ1v) is 8.86. The molecule has 25 heavy (non-hydrogen) atoms. The Morgan fingerprint density at radius 3 is 2.60 bits per heavy atom. The molecule has 128 valence electrons. The standard InChI is InChI=1S/C13H12N8O2S2/c1-21-9(5-6-14-21)16-17-10-8(22)4-3-7(11(10)23)15-18-12-19-20-13(24-2)25-12/h3-6,22-23H,1-2H3/b17-16+,18-15+. The number of aromatic hydroxyl groups is 2. The molecule has 12 heteroatoms. The third-order valence-electron chi connectivity index (χ3n) is 2.97. The number of benzene rings is 1. The molecule has 0 aliphatic rings. The van der Waals surface area contributed by atoms with Crippen molar-refractivity contribution in [3.05, 3.63) is 24.4 Å². The maximum Gasteiger partial charge on any atom is 0.252 e. The minimum Gasteiger partial charge on any atom is -0.505 e. The number of nitrogens with zero attached hydrogens (tertiary/aromatic N) is 8. The number of hydrogen-bond donors (Lipinski definition) is 2. The van der Waals surface area contributed by atoms with Gasteiger partial charge in [0.1, 0.15) is 11.4 Å². The number of thioether (sulfide) groups is 1. The second-order valence-electron chi connectivity index (χ2n) is 4.57. The maximum atomic E-state index is 10.3. The van der Waals surface area contributed by atoms with E-state index in [0.29, 0.717) is 10.9 Å². The molecule has 2 aromatic heterocycles. The van der Waals surface area contributed by atoms with Gasteiger partial charge in [0.05, 0.1) is 6.20 Å². The fourth-order valence-corrected chi connectivity index (χ4v) is 2.81. The number of aromatic nitrogens is 4. The zero-order chi connectivity index (χ0) is 17.8. The van der Waals surface area contributed by atoms with Gasteiger partial charge in [-0.25, -0.2) is 4.68 Å². The van der Waals surface area contributed by atoms with Gasteiger partial charge in [-0.3, -0.25) is 0 Å². The lowest BCUT2D eigenvalue weighted by Gasteiger charge is -2.03. The van der Waals surface area contributed by atoms with Crippen molar-refractivity contribution in [3.63, 3.8) is 0 Å². The summed E-state index contributed by atoms with van der Waals surface area (Å²) < 4.78 is 2.26. The van der Waals surface area contributed by atoms with E-state index in [1.165, 1.54) is 39.9 Å². The van der Waals surface area contributed by atoms with Crippen molar-refractivity contribution >= 4 is 45.4 Å². The minimum atomic E-state index is -0.343. The van der Waals surface area contributed by atoms with Gasteiger partial charge in [-0.05, 0) is 18.4 Å². The van der Waals surface area contributed by atoms with E-state index in [4.69, 9.17) is 0 Å². The van der Waals surface area contributed by atoms with E-state index >= 15 is 0 Å². The molecule has 0 saturated carbocycles. The molecular weight excluding hydrogens is 364 g/mol. The Balaban J connectivity index is 1.89. The van der Waals surface area contributed by atoms with Crippen LogP contribution in [0.3, 0.4) is 0 Å². The lowest BCUT2D eigenvalue weighted by atomic mass is 10.2. The minimum absolute atomic E-state index is 0.111. The molecule has 0 spiro atoms. The van der Waals surface area contributed by atoms with E-state index in [9.17, 15) is 10.2 Å². The Kier molecular flexibility index (Phi) is 5.00. The van der Waals surface area contributed by atoms with Crippen LogP contribution in [0.5, 0.6) is 11.5 Å². The van der Waals surface area contributed by atoms with Crippen LogP contribution in [0.4, 0.5) is 22.3 Å². The van der Waals surface area contributed by atoms with Crippen molar-refractivity contribution in [1.82, 2.24) is 20.0 Å². The monoisotopic (exact) mass is 376 g/mol. The summed E-state index contributed by atoms with van der Waals surface area (Å²) in [6, 6.07) is 4.40. The van der Waals surface area contributed by atoms with Gasteiger partial charge in [0, 0.05) is 13.1 Å². The molecule has 2 N–H and O–H groups in total. The second-order valence-corrected chi connectivity index (χ2v) is 6.58. The predicted octanol–water partition coefficient (Wildman–Crippen LogP) is 4.24. The molecule has 0 fully saturated rings. The molecule has 10 nitrogen and oxygen atoms in total. The van der Waals surface area contributed by atoms with Gasteiger partial charge in [0.25, 0.3) is 5.13 Å². The summed E-state index contributed by atoms with van der Waals surface area (Å²) in [6.07, 6.45) is 3.44. The third kappa shape index (κ3) is 3.80. The van der Waals surface area contributed by atoms with Crippen molar-refractivity contribution < 1.29 is 10.2 Å². The largest absolute Gasteiger partial charge is 0.505 e. The highest BCUT2D eigenvalue weighted by Crippen LogP contribution is 2.44. The molecule has 0 aliphatic heterocycles. The second kappa shape index (κ2) is 7.36. The van der Waals surface area contributed by atoms with E-state index in [1.54, 1.807) is 19.3 Å². The topological polar surface area (TPSA) is 134 Å². The van der Waals surface area contributed by atoms with E-state index in [1.807, 2.05) is 6.26 Å². The SMILES string of the molecule is CSc1nnc(/N=N/c2ccc(O)c(/N=N/c3ccnn3C)c2O)s1. The predicted molar refractivity (Wildman–Crippen MR) is 93.0 cm³/mol. The Bertz CT molecular complexity index is 949. The number of phenolic OH excluding ortho intramolecular Hbond substituents is 2. The molecule has 0 atom stereocenters. The molecule has 0 saturated heterocycles. The average Bonchev–Trinajstić information content (AvgIpc) is 3.23. The van der Waals surface area contributed by atoms with Crippen molar-refractivity contribution in [2.24, 2.45) is 27.5 Å². The normalized spacial score (nSPS) is 11.8. The Morgan fingerprint density at radius 2 is 1.92 bits per heavy atom. The van der Waals surface area contributed by atoms with Crippen molar-refractivity contribution in [1.29, 1.82) is 0 Å². The summed E-state index contributed by atoms with van der Waals surface area (Å²) in [5.41, 5.74) is 0.0115. The van der Waals surface area contributed by atoms with Gasteiger partial charge in [-0.2, -0.15) is 5.10 Å². The van der Waals surface area contributed by atoms with Crippen LogP contribution in [0.1, 0.15) is 0 Å². The van der Waals surface area contributed by atoms with Crippen LogP contribution in [0.15, 0.2) is 49.2 Å². The Hall–Kier alpha value is -2.86. The van der Waals surface area contributed by atoms with Crippen LogP contribution in [0, 0.1) is 0 Å². The molecule has 2 heterocycles. The van der Waals surface area contributed by atoms with Gasteiger partial charge < -0.3 is 10.2 Å². The molecule has 0 amide bonds. The van der Waals surface area contributed by atoms with E-state index in [-0.39, 0.29) is 22.9 Å². The Labute approximate surface area is 150 Å². The van der Waals surface area contributed by atoms with Crippen LogP contribution >= 0.6 is 23.1 Å².